The highest BCUT2D eigenvalue weighted by atomic mass is 79.9. The maximum atomic E-state index is 11.3. The Morgan fingerprint density at radius 3 is 2.78 bits per heavy atom. The fraction of sp³-hybridized carbons (Fsp3) is 0.364. The van der Waals surface area contributed by atoms with Gasteiger partial charge in [0.1, 0.15) is 11.3 Å². The highest BCUT2D eigenvalue weighted by Gasteiger charge is 2.16. The number of anilines is 1. The van der Waals surface area contributed by atoms with Gasteiger partial charge in [0.25, 0.3) is 0 Å². The van der Waals surface area contributed by atoms with Crippen LogP contribution in [0.25, 0.3) is 0 Å². The molecule has 0 bridgehead atoms. The molecule has 7 heteroatoms. The number of phenols is 1. The minimum absolute atomic E-state index is 0.0395. The molecule has 0 aliphatic rings. The molecule has 0 aliphatic carbocycles. The monoisotopic (exact) mass is 319 g/mol. The van der Waals surface area contributed by atoms with Gasteiger partial charge in [0, 0.05) is 6.54 Å². The Morgan fingerprint density at radius 2 is 2.22 bits per heavy atom. The number of rotatable bonds is 5. The lowest BCUT2D eigenvalue weighted by Gasteiger charge is -2.13. The largest absolute Gasteiger partial charge is 0.506 e. The summed E-state index contributed by atoms with van der Waals surface area (Å²) in [4.78, 5) is 11.3. The van der Waals surface area contributed by atoms with Crippen molar-refractivity contribution < 1.29 is 24.9 Å². The Hall–Kier alpha value is -1.31. The number of ether oxygens (including phenoxy) is 1. The number of phenolic OH excluding ortho intramolecular Hbond substituents is 1. The summed E-state index contributed by atoms with van der Waals surface area (Å²) >= 11 is 3.14. The van der Waals surface area contributed by atoms with Crippen molar-refractivity contribution in [1.82, 2.24) is 0 Å². The van der Waals surface area contributed by atoms with Crippen molar-refractivity contribution in [1.29, 1.82) is 0 Å². The molecule has 1 unspecified atom stereocenters. The van der Waals surface area contributed by atoms with Crippen LogP contribution in [0.3, 0.4) is 0 Å². The van der Waals surface area contributed by atoms with Crippen LogP contribution in [0.2, 0.25) is 0 Å². The second-order valence-corrected chi connectivity index (χ2v) is 4.33. The minimum atomic E-state index is -0.903. The molecule has 1 rings (SSSR count). The molecule has 0 saturated carbocycles. The Bertz CT molecular complexity index is 438. The van der Waals surface area contributed by atoms with E-state index >= 15 is 0 Å². The number of nitrogens with one attached hydrogen (secondary N) is 1. The van der Waals surface area contributed by atoms with E-state index in [9.17, 15) is 15.0 Å². The first kappa shape index (κ1) is 14.7. The molecule has 0 heterocycles. The van der Waals surface area contributed by atoms with E-state index < -0.39 is 12.1 Å². The average Bonchev–Trinajstić information content (AvgIpc) is 2.39. The maximum Gasteiger partial charge on any atom is 0.341 e. The molecule has 0 saturated heterocycles. The summed E-state index contributed by atoms with van der Waals surface area (Å²) in [5.74, 6) is -0.888. The molecule has 0 aliphatic heterocycles. The highest BCUT2D eigenvalue weighted by Crippen LogP contribution is 2.35. The van der Waals surface area contributed by atoms with Crippen LogP contribution in [-0.2, 0) is 4.74 Å². The second kappa shape index (κ2) is 6.58. The standard InChI is InChI=1S/C11H14BrNO5/c1-18-11(17)7-2-3-8(9(12)10(7)16)13-4-6(15)5-14/h2-3,6,13-16H,4-5H2,1H3. The smallest absolute Gasteiger partial charge is 0.341 e. The molecule has 100 valence electrons. The third-order valence-electron chi connectivity index (χ3n) is 2.26. The van der Waals surface area contributed by atoms with Gasteiger partial charge in [-0.3, -0.25) is 0 Å². The average molecular weight is 320 g/mol. The van der Waals surface area contributed by atoms with Crippen LogP contribution in [0, 0.1) is 0 Å². The Labute approximate surface area is 112 Å². The van der Waals surface area contributed by atoms with E-state index in [0.29, 0.717) is 5.69 Å². The number of aliphatic hydroxyl groups is 2. The van der Waals surface area contributed by atoms with Crippen molar-refractivity contribution in [2.75, 3.05) is 25.6 Å². The summed E-state index contributed by atoms with van der Waals surface area (Å²) in [7, 11) is 1.22. The fourth-order valence-electron chi connectivity index (χ4n) is 1.27. The lowest BCUT2D eigenvalue weighted by atomic mass is 10.2. The summed E-state index contributed by atoms with van der Waals surface area (Å²) in [5, 5.41) is 30.5. The van der Waals surface area contributed by atoms with Gasteiger partial charge in [0.15, 0.2) is 0 Å². The molecule has 0 radical (unpaired) electrons. The number of carbonyl (C=O) groups is 1. The van der Waals surface area contributed by atoms with Crippen LogP contribution in [0.5, 0.6) is 5.75 Å². The molecule has 1 atom stereocenters. The molecule has 0 amide bonds. The van der Waals surface area contributed by atoms with E-state index in [-0.39, 0.29) is 28.9 Å². The third-order valence-corrected chi connectivity index (χ3v) is 3.06. The van der Waals surface area contributed by atoms with Crippen LogP contribution < -0.4 is 5.32 Å². The van der Waals surface area contributed by atoms with Gasteiger partial charge in [-0.25, -0.2) is 4.79 Å². The van der Waals surface area contributed by atoms with Crippen LogP contribution in [0.1, 0.15) is 10.4 Å². The first-order chi connectivity index (χ1) is 8.51. The second-order valence-electron chi connectivity index (χ2n) is 3.53. The van der Waals surface area contributed by atoms with Crippen molar-refractivity contribution in [2.24, 2.45) is 0 Å². The zero-order valence-electron chi connectivity index (χ0n) is 9.68. The van der Waals surface area contributed by atoms with Crippen molar-refractivity contribution in [3.8, 4) is 5.75 Å². The number of benzene rings is 1. The van der Waals surface area contributed by atoms with Gasteiger partial charge < -0.3 is 25.4 Å². The van der Waals surface area contributed by atoms with Gasteiger partial charge in [0.2, 0.25) is 0 Å². The minimum Gasteiger partial charge on any atom is -0.506 e. The van der Waals surface area contributed by atoms with E-state index in [0.717, 1.165) is 0 Å². The first-order valence-corrected chi connectivity index (χ1v) is 5.93. The quantitative estimate of drug-likeness (QED) is 0.596. The lowest BCUT2D eigenvalue weighted by Crippen LogP contribution is -2.23. The SMILES string of the molecule is COC(=O)c1ccc(NCC(O)CO)c(Br)c1O. The molecule has 0 spiro atoms. The van der Waals surface area contributed by atoms with Gasteiger partial charge >= 0.3 is 5.97 Å². The normalized spacial score (nSPS) is 12.0. The van der Waals surface area contributed by atoms with E-state index in [4.69, 9.17) is 5.11 Å². The molecule has 4 N–H and O–H groups in total. The molecule has 0 fully saturated rings. The van der Waals surface area contributed by atoms with Gasteiger partial charge in [-0.1, -0.05) is 0 Å². The zero-order valence-corrected chi connectivity index (χ0v) is 11.3. The van der Waals surface area contributed by atoms with Gasteiger partial charge in [0.05, 0.1) is 30.0 Å². The van der Waals surface area contributed by atoms with Crippen LogP contribution in [-0.4, -0.2) is 47.7 Å². The number of aliphatic hydroxyl groups excluding tert-OH is 2. The van der Waals surface area contributed by atoms with Crippen LogP contribution in [0.4, 0.5) is 5.69 Å². The zero-order chi connectivity index (χ0) is 13.7. The highest BCUT2D eigenvalue weighted by molar-refractivity contribution is 9.10. The molecule has 18 heavy (non-hydrogen) atoms. The van der Waals surface area contributed by atoms with Crippen molar-refractivity contribution in [3.63, 3.8) is 0 Å². The van der Waals surface area contributed by atoms with Crippen molar-refractivity contribution >= 4 is 27.6 Å². The molecule has 0 aromatic heterocycles. The first-order valence-electron chi connectivity index (χ1n) is 5.13. The van der Waals surface area contributed by atoms with E-state index in [2.05, 4.69) is 26.0 Å². The Morgan fingerprint density at radius 1 is 1.56 bits per heavy atom. The van der Waals surface area contributed by atoms with Gasteiger partial charge in [-0.05, 0) is 28.1 Å². The summed E-state index contributed by atoms with van der Waals surface area (Å²) < 4.78 is 4.80. The predicted molar refractivity (Wildman–Crippen MR) is 68.7 cm³/mol. The number of methoxy groups -OCH3 is 1. The van der Waals surface area contributed by atoms with Gasteiger partial charge in [-0.2, -0.15) is 0 Å². The molecule has 6 nitrogen and oxygen atoms in total. The molecular formula is C11H14BrNO5. The number of aromatic hydroxyl groups is 1. The Balaban J connectivity index is 2.90. The molecule has 1 aromatic carbocycles. The lowest BCUT2D eigenvalue weighted by molar-refractivity contribution is 0.0597. The summed E-state index contributed by atoms with van der Waals surface area (Å²) in [6.45, 7) is -0.247. The predicted octanol–water partition coefficient (Wildman–Crippen LogP) is 0.706. The number of carbonyl (C=O) groups excluding carboxylic acids is 1. The van der Waals surface area contributed by atoms with Gasteiger partial charge in [-0.15, -0.1) is 0 Å². The number of hydrogen-bond donors (Lipinski definition) is 4. The number of esters is 1. The summed E-state index contributed by atoms with van der Waals surface area (Å²) in [6.07, 6.45) is -0.903. The van der Waals surface area contributed by atoms with Crippen molar-refractivity contribution in [2.45, 2.75) is 6.10 Å². The van der Waals surface area contributed by atoms with E-state index in [1.54, 1.807) is 6.07 Å². The van der Waals surface area contributed by atoms with E-state index in [1.165, 1.54) is 13.2 Å². The fourth-order valence-corrected chi connectivity index (χ4v) is 1.75. The Kier molecular flexibility index (Phi) is 5.39. The molecule has 1 aromatic rings. The van der Waals surface area contributed by atoms with Crippen LogP contribution >= 0.6 is 15.9 Å². The van der Waals surface area contributed by atoms with E-state index in [1.807, 2.05) is 0 Å². The number of hydrogen-bond acceptors (Lipinski definition) is 6. The van der Waals surface area contributed by atoms with Crippen molar-refractivity contribution in [3.05, 3.63) is 22.2 Å². The summed E-state index contributed by atoms with van der Waals surface area (Å²) in [5.41, 5.74) is 0.533. The topological polar surface area (TPSA) is 99.0 Å². The molecular weight excluding hydrogens is 306 g/mol. The maximum absolute atomic E-state index is 11.3. The van der Waals surface area contributed by atoms with Crippen LogP contribution in [0.15, 0.2) is 16.6 Å². The third kappa shape index (κ3) is 3.34. The summed E-state index contributed by atoms with van der Waals surface area (Å²) in [6, 6.07) is 2.96. The number of halogens is 1.